The molecule has 3 N–H and O–H groups in total. The highest BCUT2D eigenvalue weighted by atomic mass is 16.6. The molecule has 0 aliphatic heterocycles. The third-order valence-electron chi connectivity index (χ3n) is 7.32. The minimum atomic E-state index is -0.789. The van der Waals surface area contributed by atoms with Crippen LogP contribution in [-0.4, -0.2) is 90.9 Å². The van der Waals surface area contributed by atoms with Crippen LogP contribution in [0.1, 0.15) is 122 Å². The van der Waals surface area contributed by atoms with Crippen molar-refractivity contribution in [1.29, 1.82) is 0 Å². The summed E-state index contributed by atoms with van der Waals surface area (Å²) in [7, 11) is 0. The average Bonchev–Trinajstić information content (AvgIpc) is 2.93. The minimum Gasteiger partial charge on any atom is -0.462 e. The number of rotatable bonds is 15. The average molecular weight is 730 g/mol. The Hall–Kier alpha value is -3.78. The van der Waals surface area contributed by atoms with E-state index in [1.54, 1.807) is 83.1 Å². The molecule has 0 spiro atoms. The highest BCUT2D eigenvalue weighted by Crippen LogP contribution is 2.36. The molecule has 1 fully saturated rings. The van der Waals surface area contributed by atoms with Gasteiger partial charge in [-0.25, -0.2) is 14.4 Å². The predicted octanol–water partition coefficient (Wildman–Crippen LogP) is 5.56. The van der Waals surface area contributed by atoms with Crippen LogP contribution in [0.2, 0.25) is 0 Å². The fourth-order valence-electron chi connectivity index (χ4n) is 5.03. The van der Waals surface area contributed by atoms with Gasteiger partial charge in [-0.05, 0) is 102 Å². The number of hydrogen-bond acceptors (Lipinski definition) is 12. The van der Waals surface area contributed by atoms with Crippen LogP contribution in [0.3, 0.4) is 0 Å². The van der Waals surface area contributed by atoms with Crippen LogP contribution in [-0.2, 0) is 42.8 Å². The van der Waals surface area contributed by atoms with Crippen molar-refractivity contribution in [3.8, 4) is 0 Å². The zero-order valence-electron chi connectivity index (χ0n) is 32.7. The molecule has 3 atom stereocenters. The Balaban J connectivity index is 2.87. The molecule has 15 nitrogen and oxygen atoms in total. The van der Waals surface area contributed by atoms with Gasteiger partial charge in [-0.2, -0.15) is 0 Å². The van der Waals surface area contributed by atoms with E-state index in [0.717, 1.165) is 0 Å². The summed E-state index contributed by atoms with van der Waals surface area (Å²) in [5.41, 5.74) is -1.95. The van der Waals surface area contributed by atoms with Gasteiger partial charge in [-0.1, -0.05) is 0 Å². The summed E-state index contributed by atoms with van der Waals surface area (Å²) in [6, 6.07) is 0. The van der Waals surface area contributed by atoms with Gasteiger partial charge in [-0.15, -0.1) is 0 Å². The van der Waals surface area contributed by atoms with Gasteiger partial charge in [0.1, 0.15) is 35.1 Å². The summed E-state index contributed by atoms with van der Waals surface area (Å²) >= 11 is 0. The van der Waals surface area contributed by atoms with E-state index in [4.69, 9.17) is 28.4 Å². The maximum absolute atomic E-state index is 13.3. The van der Waals surface area contributed by atoms with E-state index in [2.05, 4.69) is 16.0 Å². The quantitative estimate of drug-likeness (QED) is 0.141. The Morgan fingerprint density at radius 3 is 0.882 bits per heavy atom. The molecule has 0 aromatic heterocycles. The second kappa shape index (κ2) is 20.3. The lowest BCUT2D eigenvalue weighted by molar-refractivity contribution is -0.166. The number of carbonyl (C=O) groups excluding carboxylic acids is 6. The Bertz CT molecular complexity index is 1020. The van der Waals surface area contributed by atoms with Gasteiger partial charge >= 0.3 is 36.2 Å². The maximum atomic E-state index is 13.3. The van der Waals surface area contributed by atoms with E-state index in [0.29, 0.717) is 19.3 Å². The summed E-state index contributed by atoms with van der Waals surface area (Å²) in [5, 5.41) is 7.89. The highest BCUT2D eigenvalue weighted by molar-refractivity contribution is 5.80. The monoisotopic (exact) mass is 729 g/mol. The van der Waals surface area contributed by atoms with Crippen LogP contribution in [0.15, 0.2) is 0 Å². The molecule has 0 saturated heterocycles. The number of ether oxygens (including phenoxy) is 6. The first-order valence-electron chi connectivity index (χ1n) is 17.9. The van der Waals surface area contributed by atoms with E-state index in [1.807, 2.05) is 0 Å². The van der Waals surface area contributed by atoms with E-state index >= 15 is 0 Å². The fourth-order valence-corrected chi connectivity index (χ4v) is 5.03. The van der Waals surface area contributed by atoms with Crippen molar-refractivity contribution < 1.29 is 57.2 Å². The van der Waals surface area contributed by atoms with Crippen LogP contribution in [0.4, 0.5) is 14.4 Å². The fraction of sp³-hybridized carbons (Fsp3) is 0.833. The molecular formula is C36H63N3O12. The summed E-state index contributed by atoms with van der Waals surface area (Å²) in [5.74, 6) is -4.08. The molecule has 0 aromatic rings. The van der Waals surface area contributed by atoms with Crippen molar-refractivity contribution in [3.05, 3.63) is 0 Å². The third-order valence-corrected chi connectivity index (χ3v) is 7.32. The van der Waals surface area contributed by atoms with Crippen molar-refractivity contribution in [1.82, 2.24) is 16.0 Å². The minimum absolute atomic E-state index is 0.114. The molecule has 15 heteroatoms. The van der Waals surface area contributed by atoms with Crippen molar-refractivity contribution >= 4 is 36.2 Å². The van der Waals surface area contributed by atoms with Crippen LogP contribution >= 0.6 is 0 Å². The van der Waals surface area contributed by atoms with Crippen LogP contribution in [0, 0.1) is 17.8 Å². The van der Waals surface area contributed by atoms with Crippen LogP contribution < -0.4 is 16.0 Å². The molecule has 0 heterocycles. The van der Waals surface area contributed by atoms with Crippen LogP contribution in [0.25, 0.3) is 0 Å². The highest BCUT2D eigenvalue weighted by Gasteiger charge is 2.42. The van der Waals surface area contributed by atoms with E-state index in [1.165, 1.54) is 0 Å². The molecule has 0 aromatic carbocycles. The number of hydrogen-bond donors (Lipinski definition) is 3. The second-order valence-corrected chi connectivity index (χ2v) is 16.2. The number of carbonyl (C=O) groups is 6. The third kappa shape index (κ3) is 21.2. The molecule has 1 aliphatic carbocycles. The molecule has 3 unspecified atom stereocenters. The van der Waals surface area contributed by atoms with E-state index < -0.39 is 89.1 Å². The Morgan fingerprint density at radius 2 is 0.686 bits per heavy atom. The predicted molar refractivity (Wildman–Crippen MR) is 188 cm³/mol. The van der Waals surface area contributed by atoms with Gasteiger partial charge in [-0.3, -0.25) is 14.4 Å². The lowest BCUT2D eigenvalue weighted by Crippen LogP contribution is -2.40. The standard InChI is InChI=1S/C36H63N3O12/c1-22(13-16-37-31(43)49-34(4,5)6)46-28(40)25-19-26(29(41)47-23(2)14-17-38-32(44)50-35(7,8)9)21-27(20-25)30(42)48-24(3)15-18-39-33(45)51-36(10,11)12/h22-27H,13-21H2,1-12H3,(H,37,43)(H,38,44)(H,39,45). The largest absolute Gasteiger partial charge is 0.462 e. The van der Waals surface area contributed by atoms with E-state index in [9.17, 15) is 28.8 Å². The van der Waals surface area contributed by atoms with Gasteiger partial charge in [0.05, 0.1) is 17.8 Å². The summed E-state index contributed by atoms with van der Waals surface area (Å²) in [6.45, 7) is 21.5. The second-order valence-electron chi connectivity index (χ2n) is 16.2. The SMILES string of the molecule is CC(CCNC(=O)OC(C)(C)C)OC(=O)C1CC(C(=O)OC(C)CCNC(=O)OC(C)(C)C)CC(C(=O)OC(C)CCNC(=O)OC(C)(C)C)C1. The van der Waals surface area contributed by atoms with Crippen molar-refractivity contribution in [2.24, 2.45) is 17.8 Å². The first-order chi connectivity index (χ1) is 23.3. The topological polar surface area (TPSA) is 194 Å². The molecule has 0 bridgehead atoms. The number of esters is 3. The van der Waals surface area contributed by atoms with E-state index in [-0.39, 0.29) is 38.9 Å². The normalized spacial score (nSPS) is 19.6. The molecule has 51 heavy (non-hydrogen) atoms. The summed E-state index contributed by atoms with van der Waals surface area (Å²) in [4.78, 5) is 75.9. The molecule has 0 radical (unpaired) electrons. The molecule has 294 valence electrons. The van der Waals surface area contributed by atoms with Crippen molar-refractivity contribution in [2.45, 2.75) is 157 Å². The number of nitrogens with one attached hydrogen (secondary N) is 3. The summed E-state index contributed by atoms with van der Waals surface area (Å²) < 4.78 is 32.7. The Labute approximate surface area is 303 Å². The molecule has 1 aliphatic rings. The van der Waals surface area contributed by atoms with Crippen molar-refractivity contribution in [2.75, 3.05) is 19.6 Å². The lowest BCUT2D eigenvalue weighted by Gasteiger charge is -2.33. The Morgan fingerprint density at radius 1 is 0.471 bits per heavy atom. The first-order valence-corrected chi connectivity index (χ1v) is 17.9. The summed E-state index contributed by atoms with van der Waals surface area (Å²) in [6.07, 6.45) is -2.16. The van der Waals surface area contributed by atoms with Gasteiger partial charge in [0, 0.05) is 38.9 Å². The Kier molecular flexibility index (Phi) is 18.0. The van der Waals surface area contributed by atoms with Gasteiger partial charge < -0.3 is 44.4 Å². The smallest absolute Gasteiger partial charge is 0.407 e. The maximum Gasteiger partial charge on any atom is 0.407 e. The molecule has 3 amide bonds. The van der Waals surface area contributed by atoms with Crippen molar-refractivity contribution in [3.63, 3.8) is 0 Å². The number of amides is 3. The molecule has 1 saturated carbocycles. The van der Waals surface area contributed by atoms with Gasteiger partial charge in [0.15, 0.2) is 0 Å². The molecule has 1 rings (SSSR count). The lowest BCUT2D eigenvalue weighted by atomic mass is 9.75. The first kappa shape index (κ1) is 45.2. The zero-order chi connectivity index (χ0) is 39.2. The number of alkyl carbamates (subject to hydrolysis) is 3. The zero-order valence-corrected chi connectivity index (χ0v) is 32.7. The van der Waals surface area contributed by atoms with Crippen LogP contribution in [0.5, 0.6) is 0 Å². The molecular weight excluding hydrogens is 666 g/mol. The van der Waals surface area contributed by atoms with Gasteiger partial charge in [0.25, 0.3) is 0 Å². The van der Waals surface area contributed by atoms with Gasteiger partial charge in [0.2, 0.25) is 0 Å².